The molecule has 4 aromatic heterocycles. The molecule has 0 aromatic carbocycles. The Balaban J connectivity index is 0.00000131. The summed E-state index contributed by atoms with van der Waals surface area (Å²) in [7, 11) is 4.14. The van der Waals surface area contributed by atoms with Crippen LogP contribution in [0.25, 0.3) is 32.0 Å². The van der Waals surface area contributed by atoms with E-state index in [1.54, 1.807) is 26.3 Å². The Morgan fingerprint density at radius 2 is 1.15 bits per heavy atom. The minimum Gasteiger partial charge on any atom is -0.387 e. The molecule has 2 amide bonds. The number of carbonyl (C=O) groups excluding carboxylic acids is 2. The van der Waals surface area contributed by atoms with Crippen LogP contribution >= 0.6 is 18.0 Å². The first-order chi connectivity index (χ1) is 39.4. The Bertz CT molecular complexity index is 2780. The smallest absolute Gasteiger partial charge is 0.387 e. The van der Waals surface area contributed by atoms with Gasteiger partial charge in [0.25, 0.3) is 19.6 Å². The third kappa shape index (κ3) is 22.2. The molecule has 85 heavy (non-hydrogen) atoms. The van der Waals surface area contributed by atoms with Crippen LogP contribution in [0.2, 0.25) is 0 Å². The summed E-state index contributed by atoms with van der Waals surface area (Å²) < 4.78 is 35.8. The zero-order valence-corrected chi connectivity index (χ0v) is 55.6. The molecule has 0 radical (unpaired) electrons. The molecule has 4 fully saturated rings. The number of aromatic nitrogens is 8. The van der Waals surface area contributed by atoms with Gasteiger partial charge in [-0.3, -0.25) is 58.6 Å². The minimum absolute atomic E-state index is 0. The van der Waals surface area contributed by atoms with E-state index in [0.717, 1.165) is 25.7 Å². The summed E-state index contributed by atoms with van der Waals surface area (Å²) in [5.74, 6) is -0.704. The first-order valence-electron chi connectivity index (χ1n) is 27.7. The topological polar surface area (TPSA) is 289 Å². The summed E-state index contributed by atoms with van der Waals surface area (Å²) in [6.07, 6.45) is 4.03. The van der Waals surface area contributed by atoms with Crippen molar-refractivity contribution in [3.63, 3.8) is 0 Å². The number of ether oxygens (including phenoxy) is 2. The number of nitrogens with one attached hydrogen (secondary N) is 4. The quantitative estimate of drug-likeness (QED) is 0.0311. The zero-order chi connectivity index (χ0) is 62.8. The van der Waals surface area contributed by atoms with Crippen LogP contribution in [0, 0.1) is 40.8 Å². The van der Waals surface area contributed by atoms with Gasteiger partial charge in [-0.05, 0) is 40.5 Å². The first-order valence-corrected chi connectivity index (χ1v) is 29.3. The van der Waals surface area contributed by atoms with Gasteiger partial charge in [0.15, 0.2) is 47.0 Å². The number of H-pyrrole nitrogens is 2. The van der Waals surface area contributed by atoms with Crippen molar-refractivity contribution in [3.05, 3.63) is 83.9 Å². The number of aliphatic hydroxyl groups is 1. The van der Waals surface area contributed by atoms with Gasteiger partial charge in [0.2, 0.25) is 36.8 Å². The Labute approximate surface area is 525 Å². The summed E-state index contributed by atoms with van der Waals surface area (Å²) in [6, 6.07) is 0.257. The normalized spacial score (nSPS) is 22.9. The second kappa shape index (κ2) is 40.5. The molecule has 8 heterocycles. The number of aromatic amines is 2. The van der Waals surface area contributed by atoms with Gasteiger partial charge in [0, 0.05) is 49.5 Å². The maximum atomic E-state index is 12.7. The van der Waals surface area contributed by atoms with Gasteiger partial charge in [0.05, 0.1) is 25.7 Å². The monoisotopic (exact) mass is 1320 g/mol. The molecule has 4 aliphatic rings. The number of hydroxylamine groups is 4. The number of fused-ring (bicyclic) bond motifs is 6. The van der Waals surface area contributed by atoms with Crippen molar-refractivity contribution in [2.45, 2.75) is 182 Å². The largest absolute Gasteiger partial charge is 2.00 e. The number of anilines is 2. The summed E-state index contributed by atoms with van der Waals surface area (Å²) in [4.78, 5) is 88.4. The predicted molar refractivity (Wildman–Crippen MR) is 323 cm³/mol. The van der Waals surface area contributed by atoms with E-state index in [-0.39, 0.29) is 104 Å². The van der Waals surface area contributed by atoms with Gasteiger partial charge in [-0.2, -0.15) is 45.8 Å². The molecule has 31 heteroatoms. The standard InChI is InChI=1S/C24H37N8O6P.C15H20N6O5.C3H6NOP.4C3H7.2Ni/c1-9-24-12-30(8)37-18(19(24)38-39(35-11-10-25-7)32(14(2)3)15(4)5)22(36-24)31-13-26-17-20(31)28-23(27-16(6)33)29-21(17)34;1-4-15-5-20(3)26-9(10(15)23)13(25-15)21-6-16-8-11(21)18-14(17-7(2)22)19-12(8)24;1-4-2-3-5-6;4*1-3-2;;/h13-15,18-19,22H,9-12H2,1-6,8H3,(H2,27,28,29,33,34);6,9-10,13,23H,4-5H2,1-3H3,(H2,17,18,19,22,24);2-3,6H2;4*1,3H2,2H3;;/q;;;4*-1;2*+2/t18?,19-,22-,24+,39?;9?,10-,13-,15+;;;;;;;/m11......./s1. The molecule has 4 aliphatic heterocycles. The molecule has 10 atom stereocenters. The Morgan fingerprint density at radius 1 is 0.765 bits per heavy atom. The van der Waals surface area contributed by atoms with Crippen LogP contribution in [0.3, 0.4) is 0 Å². The van der Waals surface area contributed by atoms with E-state index in [1.165, 1.54) is 26.5 Å². The van der Waals surface area contributed by atoms with Crippen molar-refractivity contribution in [1.82, 2.24) is 53.8 Å². The van der Waals surface area contributed by atoms with Gasteiger partial charge in [-0.1, -0.05) is 41.5 Å². The van der Waals surface area contributed by atoms with Crippen LogP contribution in [-0.4, -0.2) is 172 Å². The van der Waals surface area contributed by atoms with Gasteiger partial charge in [-0.15, -0.1) is 0 Å². The van der Waals surface area contributed by atoms with Crippen LogP contribution in [0.4, 0.5) is 11.9 Å². The van der Waals surface area contributed by atoms with E-state index in [4.69, 9.17) is 41.3 Å². The first kappa shape index (κ1) is 81.0. The average Bonchev–Trinajstić information content (AvgIpc) is 2.01. The van der Waals surface area contributed by atoms with Crippen molar-refractivity contribution in [2.75, 3.05) is 64.1 Å². The van der Waals surface area contributed by atoms with E-state index >= 15 is 0 Å². The third-order valence-electron chi connectivity index (χ3n) is 11.9. The Hall–Kier alpha value is -3.97. The van der Waals surface area contributed by atoms with E-state index in [2.05, 4.69) is 124 Å². The molecule has 27 nitrogen and oxygen atoms in total. The molecular formula is C54H91N15Ni2O12P2. The van der Waals surface area contributed by atoms with Crippen LogP contribution in [0.1, 0.15) is 134 Å². The molecular weight excluding hydrogens is 1230 g/mol. The molecule has 0 aliphatic carbocycles. The van der Waals surface area contributed by atoms with E-state index in [1.807, 2.05) is 48.6 Å². The molecule has 0 saturated carbocycles. The number of hydrogen-bond acceptors (Lipinski definition) is 19. The van der Waals surface area contributed by atoms with Gasteiger partial charge in [0.1, 0.15) is 36.6 Å². The summed E-state index contributed by atoms with van der Waals surface area (Å²) in [6.45, 7) is 52.7. The fraction of sp³-hybridized carbons (Fsp3) is 0.667. The fourth-order valence-corrected chi connectivity index (χ4v) is 10.8. The number of hydrogen-bond donors (Lipinski definition) is 5. The molecule has 5 N–H and O–H groups in total. The van der Waals surface area contributed by atoms with Crippen LogP contribution in [0.15, 0.2) is 22.2 Å². The Morgan fingerprint density at radius 3 is 1.53 bits per heavy atom. The molecule has 8 rings (SSSR count). The van der Waals surface area contributed by atoms with Crippen molar-refractivity contribution in [3.8, 4) is 0 Å². The van der Waals surface area contributed by atoms with Crippen LogP contribution < -0.4 is 21.8 Å². The predicted octanol–water partition coefficient (Wildman–Crippen LogP) is 7.66. The summed E-state index contributed by atoms with van der Waals surface area (Å²) in [5, 5.41) is 19.0. The van der Waals surface area contributed by atoms with E-state index in [9.17, 15) is 24.3 Å². The van der Waals surface area contributed by atoms with Gasteiger partial charge < -0.3 is 65.5 Å². The zero-order valence-electron chi connectivity index (χ0n) is 51.6. The SMILES string of the molecule is CC[C@@]12CN(C)OC([C@H](n3cnc4c(=O)[nH]c(NC(C)=O)nc43)O1)[C@H]2O.[C-]#[N+]CCOP.[C-]#[N+]CCOP(O[C@@H]1C2ON(C)C[C@]1(CC)O[C@H]2n1cnc2c(=O)[nH]c(NC(C)=O)nc21)N(C(C)C)C(C)C.[CH2-]CC.[CH2-]CC.[CH2-]CC.[CH2-]CC.[Ni+2].[Ni+2]. The maximum Gasteiger partial charge on any atom is 2.00 e. The fourth-order valence-electron chi connectivity index (χ4n) is 8.92. The molecule has 4 bridgehead atoms. The second-order valence-corrected chi connectivity index (χ2v) is 21.4. The van der Waals surface area contributed by atoms with Crippen molar-refractivity contribution < 1.29 is 80.4 Å². The van der Waals surface area contributed by atoms with E-state index < -0.39 is 67.7 Å². The number of aliphatic hydroxyl groups excluding tert-OH is 1. The van der Waals surface area contributed by atoms with Crippen LogP contribution in [0.5, 0.6) is 0 Å². The number of amides is 2. The van der Waals surface area contributed by atoms with Gasteiger partial charge in [-0.25, -0.2) is 27.8 Å². The number of carbonyl (C=O) groups is 2. The summed E-state index contributed by atoms with van der Waals surface area (Å²) >= 11 is 0. The molecule has 4 unspecified atom stereocenters. The van der Waals surface area contributed by atoms with E-state index in [0.29, 0.717) is 39.1 Å². The second-order valence-electron chi connectivity index (χ2n) is 19.6. The summed E-state index contributed by atoms with van der Waals surface area (Å²) in [5.41, 5.74) is -1.80. The number of imidazole rings is 2. The van der Waals surface area contributed by atoms with Gasteiger partial charge >= 0.3 is 33.0 Å². The molecule has 4 aromatic rings. The molecule has 4 saturated heterocycles. The Kier molecular flexibility index (Phi) is 38.6. The average molecular weight is 1320 g/mol. The van der Waals surface area contributed by atoms with Crippen molar-refractivity contribution >= 4 is 64.0 Å². The molecule has 484 valence electrons. The van der Waals surface area contributed by atoms with Crippen molar-refractivity contribution in [1.29, 1.82) is 0 Å². The number of likely N-dealkylation sites (N-methyl/N-ethyl adjacent to an activating group) is 2. The minimum atomic E-state index is -1.57. The van der Waals surface area contributed by atoms with Crippen LogP contribution in [-0.2, 0) is 75.3 Å². The number of nitrogens with zero attached hydrogens (tertiary/aromatic N) is 11. The third-order valence-corrected chi connectivity index (χ3v) is 14.2. The molecule has 0 spiro atoms. The van der Waals surface area contributed by atoms with Crippen molar-refractivity contribution in [2.24, 2.45) is 0 Å². The number of rotatable bonds is 16. The maximum absolute atomic E-state index is 12.7.